The van der Waals surface area contributed by atoms with Crippen molar-refractivity contribution in [1.29, 1.82) is 10.5 Å². The van der Waals surface area contributed by atoms with Gasteiger partial charge in [-0.15, -0.1) is 11.3 Å². The van der Waals surface area contributed by atoms with Gasteiger partial charge in [0.25, 0.3) is 0 Å². The Morgan fingerprint density at radius 3 is 2.52 bits per heavy atom. The molecule has 2 rings (SSSR count). The molecule has 0 aliphatic heterocycles. The monoisotopic (exact) mass is 294 g/mol. The SMILES string of the molecule is Cc1ccsc1C=CC1=CC(=C(C#N)C#N)CC(C)(C)C1. The molecule has 0 saturated heterocycles. The minimum absolute atomic E-state index is 0.0766. The molecule has 0 N–H and O–H groups in total. The first-order valence-corrected chi connectivity index (χ1v) is 7.79. The second kappa shape index (κ2) is 6.12. The van der Waals surface area contributed by atoms with Crippen molar-refractivity contribution in [2.75, 3.05) is 0 Å². The summed E-state index contributed by atoms with van der Waals surface area (Å²) in [5.74, 6) is 0. The molecular formula is C18H18N2S. The van der Waals surface area contributed by atoms with Crippen molar-refractivity contribution in [3.05, 3.63) is 50.8 Å². The zero-order chi connectivity index (χ0) is 15.5. The first-order valence-electron chi connectivity index (χ1n) is 6.91. The molecule has 0 spiro atoms. The Labute approximate surface area is 130 Å². The summed E-state index contributed by atoms with van der Waals surface area (Å²) in [7, 11) is 0. The normalized spacial score (nSPS) is 17.2. The number of hydrogen-bond donors (Lipinski definition) is 0. The van der Waals surface area contributed by atoms with Crippen molar-refractivity contribution in [2.24, 2.45) is 5.41 Å². The van der Waals surface area contributed by atoms with Gasteiger partial charge in [-0.2, -0.15) is 10.5 Å². The summed E-state index contributed by atoms with van der Waals surface area (Å²) in [5.41, 5.74) is 3.63. The van der Waals surface area contributed by atoms with Gasteiger partial charge in [0.2, 0.25) is 0 Å². The fourth-order valence-corrected chi connectivity index (χ4v) is 3.45. The minimum Gasteiger partial charge on any atom is -0.192 e. The lowest BCUT2D eigenvalue weighted by Crippen LogP contribution is -2.17. The molecule has 0 radical (unpaired) electrons. The Balaban J connectivity index is 2.37. The summed E-state index contributed by atoms with van der Waals surface area (Å²) in [6.07, 6.45) is 7.99. The second-order valence-corrected chi connectivity index (χ2v) is 7.11. The quantitative estimate of drug-likeness (QED) is 0.707. The molecule has 1 aliphatic carbocycles. The van der Waals surface area contributed by atoms with Gasteiger partial charge in [0.05, 0.1) is 0 Å². The van der Waals surface area contributed by atoms with Crippen LogP contribution in [0.15, 0.2) is 40.3 Å². The van der Waals surface area contributed by atoms with Crippen LogP contribution in [0, 0.1) is 35.0 Å². The molecule has 1 aliphatic rings. The van der Waals surface area contributed by atoms with Crippen molar-refractivity contribution in [3.63, 3.8) is 0 Å². The van der Waals surface area contributed by atoms with Gasteiger partial charge in [0, 0.05) is 4.88 Å². The average Bonchev–Trinajstić information content (AvgIpc) is 2.82. The van der Waals surface area contributed by atoms with Gasteiger partial charge in [-0.3, -0.25) is 0 Å². The Morgan fingerprint density at radius 2 is 1.95 bits per heavy atom. The van der Waals surface area contributed by atoms with E-state index in [4.69, 9.17) is 10.5 Å². The summed E-state index contributed by atoms with van der Waals surface area (Å²) in [6, 6.07) is 6.13. The molecule has 1 aromatic rings. The maximum Gasteiger partial charge on any atom is 0.132 e. The molecule has 21 heavy (non-hydrogen) atoms. The van der Waals surface area contributed by atoms with Crippen LogP contribution in [0.1, 0.15) is 37.1 Å². The average molecular weight is 294 g/mol. The fourth-order valence-electron chi connectivity index (χ4n) is 2.63. The molecule has 1 heterocycles. The van der Waals surface area contributed by atoms with E-state index in [-0.39, 0.29) is 11.0 Å². The highest BCUT2D eigenvalue weighted by Crippen LogP contribution is 2.39. The van der Waals surface area contributed by atoms with Crippen molar-refractivity contribution >= 4 is 17.4 Å². The van der Waals surface area contributed by atoms with Crippen LogP contribution in [0.5, 0.6) is 0 Å². The lowest BCUT2D eigenvalue weighted by atomic mass is 9.74. The molecule has 3 heteroatoms. The summed E-state index contributed by atoms with van der Waals surface area (Å²) < 4.78 is 0. The highest BCUT2D eigenvalue weighted by atomic mass is 32.1. The summed E-state index contributed by atoms with van der Waals surface area (Å²) in [6.45, 7) is 6.46. The number of hydrogen-bond acceptors (Lipinski definition) is 3. The maximum absolute atomic E-state index is 9.08. The van der Waals surface area contributed by atoms with Crippen LogP contribution in [-0.4, -0.2) is 0 Å². The Bertz CT molecular complexity index is 699. The van der Waals surface area contributed by atoms with Crippen molar-refractivity contribution in [1.82, 2.24) is 0 Å². The van der Waals surface area contributed by atoms with Crippen LogP contribution in [0.3, 0.4) is 0 Å². The van der Waals surface area contributed by atoms with Crippen molar-refractivity contribution < 1.29 is 0 Å². The first-order chi connectivity index (χ1) is 9.95. The van der Waals surface area contributed by atoms with E-state index in [2.05, 4.69) is 44.4 Å². The molecule has 0 amide bonds. The molecule has 2 nitrogen and oxygen atoms in total. The summed E-state index contributed by atoms with van der Waals surface area (Å²) in [5, 5.41) is 20.2. The third-order valence-corrected chi connectivity index (χ3v) is 4.59. The van der Waals surface area contributed by atoms with E-state index in [0.717, 1.165) is 18.4 Å². The van der Waals surface area contributed by atoms with E-state index in [9.17, 15) is 0 Å². The molecule has 1 aromatic heterocycles. The zero-order valence-electron chi connectivity index (χ0n) is 12.6. The van der Waals surface area contributed by atoms with Crippen LogP contribution in [0.25, 0.3) is 6.08 Å². The lowest BCUT2D eigenvalue weighted by molar-refractivity contribution is 0.354. The van der Waals surface area contributed by atoms with Gasteiger partial charge in [-0.25, -0.2) is 0 Å². The third-order valence-electron chi connectivity index (χ3n) is 3.61. The fraction of sp³-hybridized carbons (Fsp3) is 0.333. The zero-order valence-corrected chi connectivity index (χ0v) is 13.4. The molecular weight excluding hydrogens is 276 g/mol. The molecule has 0 atom stereocenters. The topological polar surface area (TPSA) is 47.6 Å². The number of nitriles is 2. The van der Waals surface area contributed by atoms with Crippen LogP contribution in [0.2, 0.25) is 0 Å². The van der Waals surface area contributed by atoms with Gasteiger partial charge in [-0.1, -0.05) is 26.0 Å². The second-order valence-electron chi connectivity index (χ2n) is 6.16. The smallest absolute Gasteiger partial charge is 0.132 e. The number of rotatable bonds is 2. The first kappa shape index (κ1) is 15.3. The van der Waals surface area contributed by atoms with Gasteiger partial charge in [0.1, 0.15) is 17.7 Å². The van der Waals surface area contributed by atoms with Crippen LogP contribution < -0.4 is 0 Å². The van der Waals surface area contributed by atoms with Gasteiger partial charge in [0.15, 0.2) is 0 Å². The maximum atomic E-state index is 9.08. The minimum atomic E-state index is 0.0766. The third kappa shape index (κ3) is 3.72. The van der Waals surface area contributed by atoms with E-state index in [1.807, 2.05) is 18.2 Å². The summed E-state index contributed by atoms with van der Waals surface area (Å²) in [4.78, 5) is 1.26. The lowest BCUT2D eigenvalue weighted by Gasteiger charge is -2.30. The van der Waals surface area contributed by atoms with E-state index in [1.54, 1.807) is 11.3 Å². The van der Waals surface area contributed by atoms with Gasteiger partial charge < -0.3 is 0 Å². The number of thiophene rings is 1. The largest absolute Gasteiger partial charge is 0.192 e. The number of nitrogens with zero attached hydrogens (tertiary/aromatic N) is 2. The predicted molar refractivity (Wildman–Crippen MR) is 87.4 cm³/mol. The molecule has 0 aromatic carbocycles. The Kier molecular flexibility index (Phi) is 4.46. The van der Waals surface area contributed by atoms with Crippen LogP contribution in [0.4, 0.5) is 0 Å². The van der Waals surface area contributed by atoms with Crippen molar-refractivity contribution in [2.45, 2.75) is 33.6 Å². The highest BCUT2D eigenvalue weighted by molar-refractivity contribution is 7.11. The molecule has 0 saturated carbocycles. The standard InChI is InChI=1S/C18H18N2S/c1-13-6-7-21-17(13)5-4-14-8-15(16(11-19)12-20)10-18(2,3)9-14/h4-8H,9-10H2,1-3H3. The van der Waals surface area contributed by atoms with Crippen LogP contribution in [-0.2, 0) is 0 Å². The van der Waals surface area contributed by atoms with Crippen molar-refractivity contribution in [3.8, 4) is 12.1 Å². The van der Waals surface area contributed by atoms with E-state index in [0.29, 0.717) is 0 Å². The van der Waals surface area contributed by atoms with E-state index in [1.165, 1.54) is 16.0 Å². The highest BCUT2D eigenvalue weighted by Gasteiger charge is 2.26. The number of aryl methyl sites for hydroxylation is 1. The van der Waals surface area contributed by atoms with Gasteiger partial charge in [-0.05, 0) is 59.4 Å². The van der Waals surface area contributed by atoms with E-state index < -0.39 is 0 Å². The Morgan fingerprint density at radius 1 is 1.24 bits per heavy atom. The summed E-state index contributed by atoms with van der Waals surface area (Å²) >= 11 is 1.72. The van der Waals surface area contributed by atoms with E-state index >= 15 is 0 Å². The number of allylic oxidation sites excluding steroid dienone is 5. The predicted octanol–water partition coefficient (Wildman–Crippen LogP) is 5.16. The molecule has 0 unspecified atom stereocenters. The van der Waals surface area contributed by atoms with Gasteiger partial charge >= 0.3 is 0 Å². The molecule has 0 bridgehead atoms. The molecule has 0 fully saturated rings. The Hall–Kier alpha value is -2.10. The molecule has 106 valence electrons. The van der Waals surface area contributed by atoms with Crippen LogP contribution >= 0.6 is 11.3 Å².